The molecule has 0 atom stereocenters. The van der Waals surface area contributed by atoms with Crippen molar-refractivity contribution in [2.24, 2.45) is 0 Å². The molecule has 0 amide bonds. The van der Waals surface area contributed by atoms with E-state index in [2.05, 4.69) is 16.0 Å². The molecule has 1 aliphatic rings. The fourth-order valence-corrected chi connectivity index (χ4v) is 2.65. The largest absolute Gasteiger partial charge is 0.325 e. The monoisotopic (exact) mass is 273 g/mol. The SMILES string of the molecule is Cc1nc(Cl)c(C=O)c(N2CCc3ccccc32)n1. The van der Waals surface area contributed by atoms with Crippen LogP contribution in [0.1, 0.15) is 21.7 Å². The molecule has 1 aromatic carbocycles. The van der Waals surface area contributed by atoms with Gasteiger partial charge in [-0.2, -0.15) is 0 Å². The van der Waals surface area contributed by atoms with E-state index in [1.165, 1.54) is 5.56 Å². The molecule has 0 aliphatic carbocycles. The van der Waals surface area contributed by atoms with Gasteiger partial charge in [-0.3, -0.25) is 4.79 Å². The number of fused-ring (bicyclic) bond motifs is 1. The third-order valence-electron chi connectivity index (χ3n) is 3.25. The number of anilines is 2. The smallest absolute Gasteiger partial charge is 0.156 e. The number of rotatable bonds is 2. The number of halogens is 1. The third-order valence-corrected chi connectivity index (χ3v) is 3.54. The minimum absolute atomic E-state index is 0.210. The molecule has 0 fully saturated rings. The summed E-state index contributed by atoms with van der Waals surface area (Å²) in [4.78, 5) is 21.7. The lowest BCUT2D eigenvalue weighted by Gasteiger charge is -2.20. The van der Waals surface area contributed by atoms with Crippen molar-refractivity contribution in [3.63, 3.8) is 0 Å². The molecule has 0 bridgehead atoms. The lowest BCUT2D eigenvalue weighted by atomic mass is 10.2. The van der Waals surface area contributed by atoms with E-state index >= 15 is 0 Å². The number of carbonyl (C=O) groups is 1. The van der Waals surface area contributed by atoms with E-state index < -0.39 is 0 Å². The molecule has 2 heterocycles. The van der Waals surface area contributed by atoms with Gasteiger partial charge in [-0.05, 0) is 25.0 Å². The summed E-state index contributed by atoms with van der Waals surface area (Å²) < 4.78 is 0. The average Bonchev–Trinajstić information content (AvgIpc) is 2.81. The van der Waals surface area contributed by atoms with Gasteiger partial charge in [0.05, 0.1) is 5.56 Å². The van der Waals surface area contributed by atoms with Crippen molar-refractivity contribution in [3.05, 3.63) is 46.4 Å². The lowest BCUT2D eigenvalue weighted by Crippen LogP contribution is -2.18. The summed E-state index contributed by atoms with van der Waals surface area (Å²) >= 11 is 6.03. The summed E-state index contributed by atoms with van der Waals surface area (Å²) in [6.45, 7) is 2.57. The van der Waals surface area contributed by atoms with Crippen molar-refractivity contribution >= 4 is 29.4 Å². The maximum Gasteiger partial charge on any atom is 0.156 e. The van der Waals surface area contributed by atoms with Crippen LogP contribution in [0.15, 0.2) is 24.3 Å². The van der Waals surface area contributed by atoms with Crippen molar-refractivity contribution in [1.82, 2.24) is 9.97 Å². The van der Waals surface area contributed by atoms with E-state index in [4.69, 9.17) is 11.6 Å². The highest BCUT2D eigenvalue weighted by atomic mass is 35.5. The highest BCUT2D eigenvalue weighted by Gasteiger charge is 2.24. The van der Waals surface area contributed by atoms with Gasteiger partial charge >= 0.3 is 0 Å². The lowest BCUT2D eigenvalue weighted by molar-refractivity contribution is 0.112. The number of aldehydes is 1. The second kappa shape index (κ2) is 4.63. The van der Waals surface area contributed by atoms with Gasteiger partial charge in [0.25, 0.3) is 0 Å². The Labute approximate surface area is 116 Å². The predicted octanol–water partition coefficient (Wildman–Crippen LogP) is 2.95. The highest BCUT2D eigenvalue weighted by Crippen LogP contribution is 2.35. The number of carbonyl (C=O) groups excluding carboxylic acids is 1. The van der Waals surface area contributed by atoms with Gasteiger partial charge in [0, 0.05) is 12.2 Å². The van der Waals surface area contributed by atoms with Gasteiger partial charge in [-0.1, -0.05) is 29.8 Å². The fourth-order valence-electron chi connectivity index (χ4n) is 2.40. The molecule has 1 aliphatic heterocycles. The van der Waals surface area contributed by atoms with Crippen LogP contribution in [0.5, 0.6) is 0 Å². The van der Waals surface area contributed by atoms with Crippen LogP contribution >= 0.6 is 11.6 Å². The van der Waals surface area contributed by atoms with Gasteiger partial charge in [0.1, 0.15) is 16.8 Å². The molecule has 0 radical (unpaired) electrons. The number of para-hydroxylation sites is 1. The zero-order valence-corrected chi connectivity index (χ0v) is 11.2. The molecule has 0 saturated carbocycles. The number of hydrogen-bond donors (Lipinski definition) is 0. The van der Waals surface area contributed by atoms with Crippen LogP contribution in [-0.4, -0.2) is 22.8 Å². The number of aromatic nitrogens is 2. The van der Waals surface area contributed by atoms with E-state index in [0.29, 0.717) is 17.2 Å². The first-order chi connectivity index (χ1) is 9.20. The van der Waals surface area contributed by atoms with Crippen LogP contribution in [0.2, 0.25) is 5.15 Å². The Balaban J connectivity index is 2.16. The average molecular weight is 274 g/mol. The van der Waals surface area contributed by atoms with E-state index in [1.807, 2.05) is 23.1 Å². The Morgan fingerprint density at radius 3 is 2.89 bits per heavy atom. The zero-order chi connectivity index (χ0) is 13.4. The molecule has 96 valence electrons. The first-order valence-electron chi connectivity index (χ1n) is 6.05. The minimum atomic E-state index is 0.210. The maximum absolute atomic E-state index is 11.2. The third kappa shape index (κ3) is 1.98. The Kier molecular flexibility index (Phi) is 2.95. The number of nitrogens with zero attached hydrogens (tertiary/aromatic N) is 3. The molecule has 1 aromatic heterocycles. The second-order valence-corrected chi connectivity index (χ2v) is 4.81. The standard InChI is InChI=1S/C14H12ClN3O/c1-9-16-13(15)11(8-19)14(17-9)18-7-6-10-4-2-3-5-12(10)18/h2-5,8H,6-7H2,1H3. The summed E-state index contributed by atoms with van der Waals surface area (Å²) in [5, 5.41) is 0.210. The molecule has 0 saturated heterocycles. The summed E-state index contributed by atoms with van der Waals surface area (Å²) in [6.07, 6.45) is 1.66. The Morgan fingerprint density at radius 2 is 2.11 bits per heavy atom. The van der Waals surface area contributed by atoms with Crippen molar-refractivity contribution in [2.45, 2.75) is 13.3 Å². The Morgan fingerprint density at radius 1 is 1.32 bits per heavy atom. The second-order valence-electron chi connectivity index (χ2n) is 4.45. The summed E-state index contributed by atoms with van der Waals surface area (Å²) in [5.41, 5.74) is 2.69. The zero-order valence-electron chi connectivity index (χ0n) is 10.4. The summed E-state index contributed by atoms with van der Waals surface area (Å²) in [7, 11) is 0. The predicted molar refractivity (Wildman–Crippen MR) is 74.3 cm³/mol. The Bertz CT molecular complexity index is 657. The molecule has 0 spiro atoms. The van der Waals surface area contributed by atoms with Gasteiger partial charge in [0.15, 0.2) is 6.29 Å². The van der Waals surface area contributed by atoms with Crippen molar-refractivity contribution in [2.75, 3.05) is 11.4 Å². The van der Waals surface area contributed by atoms with E-state index in [1.54, 1.807) is 6.92 Å². The molecule has 0 unspecified atom stereocenters. The van der Waals surface area contributed by atoms with Crippen LogP contribution in [0, 0.1) is 6.92 Å². The topological polar surface area (TPSA) is 46.1 Å². The quantitative estimate of drug-likeness (QED) is 0.623. The molecule has 0 N–H and O–H groups in total. The van der Waals surface area contributed by atoms with Crippen LogP contribution in [-0.2, 0) is 6.42 Å². The molecule has 19 heavy (non-hydrogen) atoms. The first kappa shape index (κ1) is 12.1. The van der Waals surface area contributed by atoms with E-state index in [0.717, 1.165) is 24.9 Å². The van der Waals surface area contributed by atoms with Crippen LogP contribution in [0.3, 0.4) is 0 Å². The molecule has 3 rings (SSSR count). The van der Waals surface area contributed by atoms with E-state index in [9.17, 15) is 4.79 Å². The van der Waals surface area contributed by atoms with Crippen LogP contribution in [0.4, 0.5) is 11.5 Å². The summed E-state index contributed by atoms with van der Waals surface area (Å²) in [6, 6.07) is 8.11. The van der Waals surface area contributed by atoms with Crippen molar-refractivity contribution < 1.29 is 4.79 Å². The first-order valence-corrected chi connectivity index (χ1v) is 6.43. The van der Waals surface area contributed by atoms with Gasteiger partial charge in [-0.15, -0.1) is 0 Å². The molecular formula is C14H12ClN3O. The minimum Gasteiger partial charge on any atom is -0.325 e. The normalized spacial score (nSPS) is 13.5. The van der Waals surface area contributed by atoms with Crippen LogP contribution < -0.4 is 4.90 Å². The van der Waals surface area contributed by atoms with Crippen molar-refractivity contribution in [1.29, 1.82) is 0 Å². The van der Waals surface area contributed by atoms with Gasteiger partial charge < -0.3 is 4.90 Å². The van der Waals surface area contributed by atoms with Crippen molar-refractivity contribution in [3.8, 4) is 0 Å². The maximum atomic E-state index is 11.2. The molecular weight excluding hydrogens is 262 g/mol. The molecule has 2 aromatic rings. The molecule has 5 heteroatoms. The fraction of sp³-hybridized carbons (Fsp3) is 0.214. The van der Waals surface area contributed by atoms with Gasteiger partial charge in [0.2, 0.25) is 0 Å². The van der Waals surface area contributed by atoms with E-state index in [-0.39, 0.29) is 5.15 Å². The number of benzene rings is 1. The number of aryl methyl sites for hydroxylation is 1. The van der Waals surface area contributed by atoms with Crippen LogP contribution in [0.25, 0.3) is 0 Å². The Hall–Kier alpha value is -1.94. The molecule has 4 nitrogen and oxygen atoms in total. The summed E-state index contributed by atoms with van der Waals surface area (Å²) in [5.74, 6) is 1.16. The van der Waals surface area contributed by atoms with Gasteiger partial charge in [-0.25, -0.2) is 9.97 Å². The number of hydrogen-bond acceptors (Lipinski definition) is 4. The highest BCUT2D eigenvalue weighted by molar-refractivity contribution is 6.32.